The Morgan fingerprint density at radius 3 is 1.00 bits per heavy atom. The lowest BCUT2D eigenvalue weighted by Crippen LogP contribution is -2.06. The lowest BCUT2D eigenvalue weighted by Gasteiger charge is -2.21. The maximum atomic E-state index is 14.3. The number of hydrogen-bond donors (Lipinski definition) is 0. The number of hydrogen-bond acceptors (Lipinski definition) is 6. The summed E-state index contributed by atoms with van der Waals surface area (Å²) in [4.78, 5) is 0. The van der Waals surface area contributed by atoms with Gasteiger partial charge in [-0.2, -0.15) is 44.7 Å². The summed E-state index contributed by atoms with van der Waals surface area (Å²) in [6.45, 7) is 0. The van der Waals surface area contributed by atoms with Crippen molar-refractivity contribution in [1.29, 1.82) is 31.6 Å². The Balaban J connectivity index is 1.12. The third-order valence-electron chi connectivity index (χ3n) is 15.6. The van der Waals surface area contributed by atoms with Gasteiger partial charge in [0.25, 0.3) is 0 Å². The Morgan fingerprint density at radius 1 is 0.286 bits per heavy atom. The predicted molar refractivity (Wildman–Crippen MR) is 321 cm³/mol. The standard InChI is InChI=1S/C73H37F3N8/c74-73(75,76)59-25-26-60(58(32-59)43-82)56-24-31-70(83-66-27-20-52(48-12-4-44(38-77)5-13-48)33-61(66)62-34-53(21-28-67(62)83)49-14-6-45(39-78)7-15-49)65(37-56)72-57(42-81)2-1-3-71(72)84-68-29-22-54(50-16-8-46(40-79)9-17-50)35-63(68)64-36-55(23-30-69(64)84)51-18-10-47(41-80)11-19-51/h1-37H. The topological polar surface area (TPSA) is 153 Å². The molecule has 0 saturated carbocycles. The van der Waals surface area contributed by atoms with Crippen molar-refractivity contribution in [2.24, 2.45) is 0 Å². The van der Waals surface area contributed by atoms with E-state index in [1.165, 1.54) is 6.07 Å². The van der Waals surface area contributed by atoms with Crippen LogP contribution in [0, 0.1) is 68.0 Å². The molecule has 0 saturated heterocycles. The number of rotatable bonds is 8. The molecule has 0 aliphatic carbocycles. The molecule has 11 aromatic carbocycles. The summed E-state index contributed by atoms with van der Waals surface area (Å²) >= 11 is 0. The quantitative estimate of drug-likeness (QED) is 0.148. The molecule has 11 heteroatoms. The fourth-order valence-electron chi connectivity index (χ4n) is 11.5. The Hall–Kier alpha value is -12.3. The minimum atomic E-state index is -4.70. The first-order valence-corrected chi connectivity index (χ1v) is 26.5. The molecule has 8 nitrogen and oxygen atoms in total. The van der Waals surface area contributed by atoms with Crippen molar-refractivity contribution in [3.63, 3.8) is 0 Å². The van der Waals surface area contributed by atoms with E-state index in [1.807, 2.05) is 127 Å². The number of aromatic nitrogens is 2. The summed E-state index contributed by atoms with van der Waals surface area (Å²) in [7, 11) is 0. The monoisotopic (exact) mass is 1080 g/mol. The number of benzene rings is 11. The van der Waals surface area contributed by atoms with Crippen molar-refractivity contribution >= 4 is 43.6 Å². The maximum absolute atomic E-state index is 14.3. The molecule has 84 heavy (non-hydrogen) atoms. The lowest BCUT2D eigenvalue weighted by molar-refractivity contribution is -0.137. The molecule has 2 aromatic heterocycles. The predicted octanol–water partition coefficient (Wildman–Crippen LogP) is 18.1. The molecule has 0 amide bonds. The van der Waals surface area contributed by atoms with Gasteiger partial charge >= 0.3 is 6.18 Å². The Bertz CT molecular complexity index is 4930. The van der Waals surface area contributed by atoms with Crippen LogP contribution in [0.4, 0.5) is 13.2 Å². The third-order valence-corrected chi connectivity index (χ3v) is 15.6. The van der Waals surface area contributed by atoms with Crippen molar-refractivity contribution in [1.82, 2.24) is 9.13 Å². The van der Waals surface area contributed by atoms with Crippen molar-refractivity contribution < 1.29 is 13.2 Å². The van der Waals surface area contributed by atoms with Crippen LogP contribution in [0.15, 0.2) is 224 Å². The van der Waals surface area contributed by atoms with Gasteiger partial charge in [0.05, 0.1) is 109 Å². The highest BCUT2D eigenvalue weighted by Gasteiger charge is 2.32. The smallest absolute Gasteiger partial charge is 0.309 e. The van der Waals surface area contributed by atoms with E-state index in [0.717, 1.165) is 100 Å². The van der Waals surface area contributed by atoms with E-state index in [9.17, 15) is 44.7 Å². The van der Waals surface area contributed by atoms with Crippen LogP contribution in [0.5, 0.6) is 0 Å². The minimum absolute atomic E-state index is 0.182. The molecule has 0 fully saturated rings. The van der Waals surface area contributed by atoms with E-state index in [-0.39, 0.29) is 11.1 Å². The van der Waals surface area contributed by atoms with Gasteiger partial charge in [0.1, 0.15) is 0 Å². The van der Waals surface area contributed by atoms with E-state index in [2.05, 4.69) is 63.7 Å². The molecule has 0 aliphatic rings. The van der Waals surface area contributed by atoms with Gasteiger partial charge in [-0.1, -0.05) is 91.0 Å². The number of alkyl halides is 3. The minimum Gasteiger partial charge on any atom is -0.309 e. The highest BCUT2D eigenvalue weighted by atomic mass is 19.4. The first-order valence-electron chi connectivity index (χ1n) is 26.5. The van der Waals surface area contributed by atoms with Crippen LogP contribution in [0.25, 0.3) is 122 Å². The average molecular weight is 1080 g/mol. The van der Waals surface area contributed by atoms with E-state index in [0.29, 0.717) is 55.9 Å². The summed E-state index contributed by atoms with van der Waals surface area (Å²) in [5.41, 5.74) is 14.6. The van der Waals surface area contributed by atoms with Crippen molar-refractivity contribution in [3.05, 3.63) is 263 Å². The summed E-state index contributed by atoms with van der Waals surface area (Å²) in [6.07, 6.45) is -4.70. The molecule has 0 aliphatic heterocycles. The van der Waals surface area contributed by atoms with Crippen molar-refractivity contribution in [3.8, 4) is 115 Å². The molecule has 0 N–H and O–H groups in total. The average Bonchev–Trinajstić information content (AvgIpc) is 1.75. The fraction of sp³-hybridized carbons (Fsp3) is 0.0137. The van der Waals surface area contributed by atoms with Gasteiger partial charge in [0.15, 0.2) is 0 Å². The van der Waals surface area contributed by atoms with E-state index in [4.69, 9.17) is 0 Å². The van der Waals surface area contributed by atoms with Gasteiger partial charge in [0.2, 0.25) is 0 Å². The third kappa shape index (κ3) is 8.78. The fourth-order valence-corrected chi connectivity index (χ4v) is 11.5. The van der Waals surface area contributed by atoms with E-state index < -0.39 is 11.7 Å². The number of nitriles is 6. The highest BCUT2D eigenvalue weighted by molar-refractivity contribution is 6.14. The largest absolute Gasteiger partial charge is 0.416 e. The zero-order valence-corrected chi connectivity index (χ0v) is 44.1. The van der Waals surface area contributed by atoms with Gasteiger partial charge in [-0.15, -0.1) is 0 Å². The summed E-state index contributed by atoms with van der Waals surface area (Å²) in [6, 6.07) is 81.7. The van der Waals surface area contributed by atoms with Crippen LogP contribution in [-0.4, -0.2) is 9.13 Å². The summed E-state index contributed by atoms with van der Waals surface area (Å²) in [5, 5.41) is 64.0. The Morgan fingerprint density at radius 2 is 0.643 bits per heavy atom. The van der Waals surface area contributed by atoms with Gasteiger partial charge in [0, 0.05) is 32.7 Å². The van der Waals surface area contributed by atoms with Crippen molar-refractivity contribution in [2.75, 3.05) is 0 Å². The van der Waals surface area contributed by atoms with E-state index in [1.54, 1.807) is 60.7 Å². The second-order valence-electron chi connectivity index (χ2n) is 20.3. The van der Waals surface area contributed by atoms with Crippen LogP contribution < -0.4 is 0 Å². The first kappa shape index (κ1) is 51.2. The van der Waals surface area contributed by atoms with Gasteiger partial charge in [-0.3, -0.25) is 0 Å². The Kier molecular flexibility index (Phi) is 12.5. The second kappa shape index (κ2) is 20.4. The van der Waals surface area contributed by atoms with Crippen LogP contribution in [-0.2, 0) is 6.18 Å². The normalized spacial score (nSPS) is 11.2. The molecule has 0 atom stereocenters. The van der Waals surface area contributed by atoms with Gasteiger partial charge in [-0.25, -0.2) is 0 Å². The zero-order valence-electron chi connectivity index (χ0n) is 44.1. The number of halogens is 3. The molecule has 390 valence electrons. The van der Waals surface area contributed by atoms with Crippen LogP contribution >= 0.6 is 0 Å². The second-order valence-corrected chi connectivity index (χ2v) is 20.3. The molecule has 0 radical (unpaired) electrons. The number of fused-ring (bicyclic) bond motifs is 6. The molecule has 13 rings (SSSR count). The maximum Gasteiger partial charge on any atom is 0.416 e. The molecular formula is C73H37F3N8. The highest BCUT2D eigenvalue weighted by Crippen LogP contribution is 2.46. The molecule has 2 heterocycles. The Labute approximate surface area is 479 Å². The van der Waals surface area contributed by atoms with E-state index >= 15 is 0 Å². The van der Waals surface area contributed by atoms with Crippen LogP contribution in [0.1, 0.15) is 38.9 Å². The summed E-state index contributed by atoms with van der Waals surface area (Å²) in [5.74, 6) is 0. The molecule has 0 spiro atoms. The SMILES string of the molecule is N#Cc1ccc(-c2ccc3c(c2)c2cc(-c4ccc(C#N)cc4)ccc2n3-c2ccc(-c3ccc(C(F)(F)F)cc3C#N)cc2-c2c(C#N)cccc2-n2c3ccc(-c4ccc(C#N)cc4)cc3c3cc(-c4ccc(C#N)cc4)ccc32)cc1. The van der Waals surface area contributed by atoms with Gasteiger partial charge < -0.3 is 9.13 Å². The number of nitrogens with zero attached hydrogens (tertiary/aromatic N) is 8. The molecule has 13 aromatic rings. The zero-order chi connectivity index (χ0) is 57.8. The van der Waals surface area contributed by atoms with Gasteiger partial charge in [-0.05, 0) is 189 Å². The molecule has 0 bridgehead atoms. The first-order chi connectivity index (χ1) is 41.0. The lowest BCUT2D eigenvalue weighted by atomic mass is 9.91. The van der Waals surface area contributed by atoms with Crippen LogP contribution in [0.3, 0.4) is 0 Å². The van der Waals surface area contributed by atoms with Crippen LogP contribution in [0.2, 0.25) is 0 Å². The molecule has 0 unspecified atom stereocenters. The van der Waals surface area contributed by atoms with Crippen molar-refractivity contribution in [2.45, 2.75) is 6.18 Å². The summed E-state index contributed by atoms with van der Waals surface area (Å²) < 4.78 is 47.0. The molecular weight excluding hydrogens is 1050 g/mol.